The third kappa shape index (κ3) is 3.04. The molecule has 0 aliphatic rings. The number of alkyl halides is 3. The molecule has 2 N–H and O–H groups in total. The van der Waals surface area contributed by atoms with Crippen LogP contribution in [0.5, 0.6) is 0 Å². The molecule has 1 aromatic carbocycles. The van der Waals surface area contributed by atoms with Gasteiger partial charge in [0.25, 0.3) is 5.91 Å². The van der Waals surface area contributed by atoms with E-state index in [1.54, 1.807) is 0 Å². The van der Waals surface area contributed by atoms with E-state index in [9.17, 15) is 18.0 Å². The SMILES string of the molecule is O=C(Nc1ccccc1C(F)(F)F)c1n[nH]c(Br)c1Br. The van der Waals surface area contributed by atoms with Crippen molar-refractivity contribution in [3.05, 3.63) is 44.6 Å². The molecule has 2 aromatic rings. The number of carbonyl (C=O) groups is 1. The first-order valence-electron chi connectivity index (χ1n) is 5.17. The molecule has 0 aliphatic carbocycles. The number of nitrogens with zero attached hydrogens (tertiary/aromatic N) is 1. The number of nitrogens with one attached hydrogen (secondary N) is 2. The van der Waals surface area contributed by atoms with E-state index < -0.39 is 17.6 Å². The summed E-state index contributed by atoms with van der Waals surface area (Å²) >= 11 is 6.19. The van der Waals surface area contributed by atoms with Crippen molar-refractivity contribution in [1.29, 1.82) is 0 Å². The Morgan fingerprint density at radius 3 is 2.45 bits per heavy atom. The van der Waals surface area contributed by atoms with E-state index in [4.69, 9.17) is 0 Å². The molecule has 0 fully saturated rings. The number of halogens is 5. The van der Waals surface area contributed by atoms with Gasteiger partial charge in [0.2, 0.25) is 0 Å². The Kier molecular flexibility index (Phi) is 4.19. The lowest BCUT2D eigenvalue weighted by Gasteiger charge is -2.12. The lowest BCUT2D eigenvalue weighted by atomic mass is 10.1. The number of anilines is 1. The van der Waals surface area contributed by atoms with Gasteiger partial charge < -0.3 is 5.32 Å². The zero-order valence-electron chi connectivity index (χ0n) is 9.55. The van der Waals surface area contributed by atoms with E-state index in [-0.39, 0.29) is 11.4 Å². The molecule has 0 unspecified atom stereocenters. The molecule has 0 radical (unpaired) electrons. The second-order valence-electron chi connectivity index (χ2n) is 3.70. The molecule has 0 saturated carbocycles. The summed E-state index contributed by atoms with van der Waals surface area (Å²) in [6.07, 6.45) is -4.55. The molecule has 2 rings (SSSR count). The fraction of sp³-hybridized carbons (Fsp3) is 0.0909. The quantitative estimate of drug-likeness (QED) is 0.776. The minimum absolute atomic E-state index is 0.0474. The Hall–Kier alpha value is -1.35. The van der Waals surface area contributed by atoms with Crippen LogP contribution >= 0.6 is 31.9 Å². The average molecular weight is 413 g/mol. The average Bonchev–Trinajstić information content (AvgIpc) is 2.69. The van der Waals surface area contributed by atoms with Crippen LogP contribution in [0, 0.1) is 0 Å². The number of aromatic amines is 1. The zero-order chi connectivity index (χ0) is 14.9. The smallest absolute Gasteiger partial charge is 0.320 e. The number of hydrogen-bond donors (Lipinski definition) is 2. The second kappa shape index (κ2) is 5.57. The van der Waals surface area contributed by atoms with Crippen molar-refractivity contribution in [2.75, 3.05) is 5.32 Å². The molecule has 1 aromatic heterocycles. The first kappa shape index (κ1) is 15.0. The standard InChI is InChI=1S/C11H6Br2F3N3O/c12-7-8(18-19-9(7)13)10(20)17-6-4-2-1-3-5(6)11(14,15)16/h1-4H,(H,17,20)(H,18,19). The van der Waals surface area contributed by atoms with Crippen molar-refractivity contribution in [3.8, 4) is 0 Å². The number of carbonyl (C=O) groups excluding carboxylic acids is 1. The number of aromatic nitrogens is 2. The normalized spacial score (nSPS) is 11.4. The minimum atomic E-state index is -4.55. The van der Waals surface area contributed by atoms with Gasteiger partial charge in [-0.1, -0.05) is 12.1 Å². The molecular weight excluding hydrogens is 407 g/mol. The molecule has 1 heterocycles. The van der Waals surface area contributed by atoms with Crippen LogP contribution < -0.4 is 5.32 Å². The Balaban J connectivity index is 2.32. The van der Waals surface area contributed by atoms with Crippen molar-refractivity contribution >= 4 is 43.5 Å². The summed E-state index contributed by atoms with van der Waals surface area (Å²) in [5.41, 5.74) is -1.29. The van der Waals surface area contributed by atoms with E-state index in [0.717, 1.165) is 6.07 Å². The second-order valence-corrected chi connectivity index (χ2v) is 5.28. The lowest BCUT2D eigenvalue weighted by Crippen LogP contribution is -2.17. The Morgan fingerprint density at radius 2 is 1.90 bits per heavy atom. The monoisotopic (exact) mass is 411 g/mol. The predicted molar refractivity (Wildman–Crippen MR) is 73.4 cm³/mol. The van der Waals surface area contributed by atoms with E-state index >= 15 is 0 Å². The van der Waals surface area contributed by atoms with Crippen LogP contribution in [0.4, 0.5) is 18.9 Å². The Morgan fingerprint density at radius 1 is 1.25 bits per heavy atom. The highest BCUT2D eigenvalue weighted by Crippen LogP contribution is 2.35. The van der Waals surface area contributed by atoms with E-state index in [0.29, 0.717) is 9.08 Å². The molecule has 0 atom stereocenters. The number of benzene rings is 1. The molecule has 106 valence electrons. The third-order valence-electron chi connectivity index (χ3n) is 2.36. The van der Waals surface area contributed by atoms with Gasteiger partial charge >= 0.3 is 6.18 Å². The van der Waals surface area contributed by atoms with Gasteiger partial charge in [-0.15, -0.1) is 0 Å². The van der Waals surface area contributed by atoms with Crippen LogP contribution in [0.25, 0.3) is 0 Å². The summed E-state index contributed by atoms with van der Waals surface area (Å²) in [5, 5.41) is 8.37. The summed E-state index contributed by atoms with van der Waals surface area (Å²) in [7, 11) is 0. The fourth-order valence-corrected chi connectivity index (χ4v) is 2.11. The van der Waals surface area contributed by atoms with Crippen molar-refractivity contribution in [1.82, 2.24) is 10.2 Å². The zero-order valence-corrected chi connectivity index (χ0v) is 12.7. The number of hydrogen-bond acceptors (Lipinski definition) is 2. The molecule has 4 nitrogen and oxygen atoms in total. The van der Waals surface area contributed by atoms with Crippen molar-refractivity contribution in [3.63, 3.8) is 0 Å². The van der Waals surface area contributed by atoms with Crippen molar-refractivity contribution < 1.29 is 18.0 Å². The summed E-state index contributed by atoms with van der Waals surface area (Å²) in [6, 6.07) is 4.72. The maximum absolute atomic E-state index is 12.8. The number of rotatable bonds is 2. The highest BCUT2D eigenvalue weighted by molar-refractivity contribution is 9.13. The number of amides is 1. The van der Waals surface area contributed by atoms with Crippen molar-refractivity contribution in [2.45, 2.75) is 6.18 Å². The highest BCUT2D eigenvalue weighted by atomic mass is 79.9. The van der Waals surface area contributed by atoms with Gasteiger partial charge in [0.1, 0.15) is 4.60 Å². The van der Waals surface area contributed by atoms with Gasteiger partial charge in [-0.25, -0.2) is 0 Å². The van der Waals surface area contributed by atoms with Gasteiger partial charge in [-0.2, -0.15) is 18.3 Å². The summed E-state index contributed by atoms with van der Waals surface area (Å²) in [6.45, 7) is 0. The van der Waals surface area contributed by atoms with Gasteiger partial charge in [-0.05, 0) is 44.0 Å². The summed E-state index contributed by atoms with van der Waals surface area (Å²) in [5.74, 6) is -0.754. The van der Waals surface area contributed by atoms with Crippen LogP contribution in [0.2, 0.25) is 0 Å². The molecule has 20 heavy (non-hydrogen) atoms. The van der Waals surface area contributed by atoms with E-state index in [2.05, 4.69) is 47.4 Å². The number of H-pyrrole nitrogens is 1. The van der Waals surface area contributed by atoms with E-state index in [1.165, 1.54) is 18.2 Å². The maximum Gasteiger partial charge on any atom is 0.418 e. The lowest BCUT2D eigenvalue weighted by molar-refractivity contribution is -0.136. The summed E-state index contributed by atoms with van der Waals surface area (Å²) in [4.78, 5) is 11.9. The highest BCUT2D eigenvalue weighted by Gasteiger charge is 2.33. The van der Waals surface area contributed by atoms with Crippen LogP contribution in [0.15, 0.2) is 33.3 Å². The molecular formula is C11H6Br2F3N3O. The first-order chi connectivity index (χ1) is 9.30. The van der Waals surface area contributed by atoms with Gasteiger partial charge in [0.05, 0.1) is 15.7 Å². The number of para-hydroxylation sites is 1. The predicted octanol–water partition coefficient (Wildman–Crippen LogP) is 4.21. The largest absolute Gasteiger partial charge is 0.418 e. The van der Waals surface area contributed by atoms with Crippen LogP contribution in [0.3, 0.4) is 0 Å². The van der Waals surface area contributed by atoms with Gasteiger partial charge in [-0.3, -0.25) is 9.89 Å². The minimum Gasteiger partial charge on any atom is -0.320 e. The third-order valence-corrected chi connectivity index (χ3v) is 4.24. The molecule has 1 amide bonds. The molecule has 0 aliphatic heterocycles. The van der Waals surface area contributed by atoms with Crippen molar-refractivity contribution in [2.24, 2.45) is 0 Å². The first-order valence-corrected chi connectivity index (χ1v) is 6.76. The van der Waals surface area contributed by atoms with E-state index in [1.807, 2.05) is 0 Å². The Bertz CT molecular complexity index is 655. The van der Waals surface area contributed by atoms with Gasteiger partial charge in [0.15, 0.2) is 5.69 Å². The molecule has 0 bridgehead atoms. The topological polar surface area (TPSA) is 57.8 Å². The molecule has 9 heteroatoms. The maximum atomic E-state index is 12.8. The van der Waals surface area contributed by atoms with Crippen LogP contribution in [-0.2, 0) is 6.18 Å². The molecule has 0 saturated heterocycles. The van der Waals surface area contributed by atoms with Gasteiger partial charge in [0, 0.05) is 0 Å². The summed E-state index contributed by atoms with van der Waals surface area (Å²) < 4.78 is 39.1. The molecule has 0 spiro atoms. The Labute approximate surface area is 128 Å². The fourth-order valence-electron chi connectivity index (χ4n) is 1.48. The van der Waals surface area contributed by atoms with Crippen LogP contribution in [0.1, 0.15) is 16.1 Å². The van der Waals surface area contributed by atoms with Crippen LogP contribution in [-0.4, -0.2) is 16.1 Å².